The number of amides is 4. The van der Waals surface area contributed by atoms with Crippen molar-refractivity contribution in [1.29, 1.82) is 0 Å². The number of hydrogen-bond donors (Lipinski definition) is 3. The second kappa shape index (κ2) is 10.9. The number of carbonyl (C=O) groups excluding carboxylic acids is 4. The van der Waals surface area contributed by atoms with Crippen LogP contribution in [0.2, 0.25) is 5.15 Å². The van der Waals surface area contributed by atoms with Crippen LogP contribution in [0.4, 0.5) is 10.1 Å². The number of nitrogens with zero attached hydrogens (tertiary/aromatic N) is 3. The predicted octanol–water partition coefficient (Wildman–Crippen LogP) is 3.18. The highest BCUT2D eigenvalue weighted by molar-refractivity contribution is 7.20. The second-order valence-electron chi connectivity index (χ2n) is 9.28. The van der Waals surface area contributed by atoms with Gasteiger partial charge >= 0.3 is 0 Å². The first-order chi connectivity index (χ1) is 17.1. The van der Waals surface area contributed by atoms with Gasteiger partial charge in [-0.15, -0.1) is 0 Å². The molecule has 0 saturated carbocycles. The van der Waals surface area contributed by atoms with E-state index in [0.717, 1.165) is 35.4 Å². The number of carbonyl (C=O) groups is 4. The molecule has 1 aromatic heterocycles. The molecule has 0 spiro atoms. The highest BCUT2D eigenvalue weighted by Crippen LogP contribution is 2.33. The molecule has 2 aliphatic heterocycles. The molecular weight excluding hydrogens is 504 g/mol. The first-order valence-electron chi connectivity index (χ1n) is 11.9. The molecule has 192 valence electrons. The molecule has 10 nitrogen and oxygen atoms in total. The molecule has 2 atom stereocenters. The molecular formula is C24H29ClN6O4S. The van der Waals surface area contributed by atoms with Crippen molar-refractivity contribution >= 4 is 56.7 Å². The Morgan fingerprint density at radius 3 is 2.64 bits per heavy atom. The quantitative estimate of drug-likeness (QED) is 0.503. The minimum absolute atomic E-state index is 0.0559. The third kappa shape index (κ3) is 5.69. The Balaban J connectivity index is 1.40. The number of nitrogens with one attached hydrogen (secondary N) is 3. The van der Waals surface area contributed by atoms with Gasteiger partial charge in [0.25, 0.3) is 5.91 Å². The molecule has 3 N–H and O–H groups in total. The van der Waals surface area contributed by atoms with E-state index in [4.69, 9.17) is 11.6 Å². The summed E-state index contributed by atoms with van der Waals surface area (Å²) >= 11 is 7.15. The van der Waals surface area contributed by atoms with Gasteiger partial charge in [0.1, 0.15) is 11.0 Å². The maximum atomic E-state index is 13.3. The Hall–Kier alpha value is -3.02. The average Bonchev–Trinajstić information content (AvgIpc) is 3.40. The average molecular weight is 533 g/mol. The van der Waals surface area contributed by atoms with E-state index in [9.17, 15) is 19.2 Å². The topological polar surface area (TPSA) is 124 Å². The lowest BCUT2D eigenvalue weighted by Gasteiger charge is -2.28. The van der Waals surface area contributed by atoms with Crippen molar-refractivity contribution in [2.45, 2.75) is 46.2 Å². The standard InChI is InChI=1S/C24H29ClN6O4S/c1-13(2)20(33)29-24-28-19(25)22(36-24)26-17(32)11-14(3)21(34)27-18-16-8-5-4-7-15(16)12-30-9-6-10-31(30)23(18)35/h4-5,7-8,13-14,18H,6,9-12H2,1-3H3,(H,26,32)(H,27,34)(H,28,29,33)/t14-,18+/m1/s1. The summed E-state index contributed by atoms with van der Waals surface area (Å²) < 4.78 is 0. The van der Waals surface area contributed by atoms with Gasteiger partial charge in [-0.25, -0.2) is 9.99 Å². The molecule has 1 aromatic carbocycles. The van der Waals surface area contributed by atoms with Gasteiger partial charge in [-0.3, -0.25) is 24.2 Å². The van der Waals surface area contributed by atoms with E-state index in [1.807, 2.05) is 29.3 Å². The number of halogens is 1. The van der Waals surface area contributed by atoms with Crippen molar-refractivity contribution in [3.63, 3.8) is 0 Å². The first-order valence-corrected chi connectivity index (χ1v) is 13.0. The summed E-state index contributed by atoms with van der Waals surface area (Å²) in [7, 11) is 0. The van der Waals surface area contributed by atoms with Crippen molar-refractivity contribution in [2.24, 2.45) is 11.8 Å². The van der Waals surface area contributed by atoms with Crippen molar-refractivity contribution < 1.29 is 19.2 Å². The van der Waals surface area contributed by atoms with Gasteiger partial charge in [0.05, 0.1) is 0 Å². The third-order valence-corrected chi connectivity index (χ3v) is 7.44. The van der Waals surface area contributed by atoms with Crippen LogP contribution in [0, 0.1) is 11.8 Å². The zero-order chi connectivity index (χ0) is 26.0. The lowest BCUT2D eigenvalue weighted by molar-refractivity contribution is -0.148. The van der Waals surface area contributed by atoms with Crippen LogP contribution in [0.15, 0.2) is 24.3 Å². The number of hydrazine groups is 1. The van der Waals surface area contributed by atoms with Crippen LogP contribution >= 0.6 is 22.9 Å². The molecule has 0 bridgehead atoms. The summed E-state index contributed by atoms with van der Waals surface area (Å²) in [5, 5.41) is 12.5. The molecule has 1 fully saturated rings. The molecule has 0 aliphatic carbocycles. The smallest absolute Gasteiger partial charge is 0.264 e. The van der Waals surface area contributed by atoms with Crippen LogP contribution in [0.25, 0.3) is 0 Å². The number of fused-ring (bicyclic) bond motifs is 2. The third-order valence-electron chi connectivity index (χ3n) is 6.17. The minimum atomic E-state index is -0.814. The molecule has 2 aliphatic rings. The van der Waals surface area contributed by atoms with E-state index in [-0.39, 0.29) is 39.4 Å². The van der Waals surface area contributed by atoms with Gasteiger partial charge in [0.2, 0.25) is 17.7 Å². The van der Waals surface area contributed by atoms with Gasteiger partial charge in [-0.1, -0.05) is 68.0 Å². The second-order valence-corrected chi connectivity index (χ2v) is 10.6. The molecule has 36 heavy (non-hydrogen) atoms. The molecule has 3 heterocycles. The van der Waals surface area contributed by atoms with E-state index in [2.05, 4.69) is 20.9 Å². The molecule has 2 aromatic rings. The van der Waals surface area contributed by atoms with Gasteiger partial charge < -0.3 is 16.0 Å². The van der Waals surface area contributed by atoms with Crippen LogP contribution in [0.3, 0.4) is 0 Å². The monoisotopic (exact) mass is 532 g/mol. The molecule has 0 unspecified atom stereocenters. The minimum Gasteiger partial charge on any atom is -0.340 e. The Morgan fingerprint density at radius 2 is 1.89 bits per heavy atom. The van der Waals surface area contributed by atoms with Crippen molar-refractivity contribution in [1.82, 2.24) is 20.3 Å². The number of benzene rings is 1. The SMILES string of the molecule is CC(C)C(=O)Nc1nc(Cl)c(NC(=O)C[C@@H](C)C(=O)N[C@@H]2C(=O)N3CCCN3Cc3ccccc32)s1. The molecule has 4 amide bonds. The summed E-state index contributed by atoms with van der Waals surface area (Å²) in [4.78, 5) is 54.9. The summed E-state index contributed by atoms with van der Waals surface area (Å²) in [6.45, 7) is 7.16. The van der Waals surface area contributed by atoms with Crippen molar-refractivity contribution in [3.8, 4) is 0 Å². The summed E-state index contributed by atoms with van der Waals surface area (Å²) in [6.07, 6.45) is 0.764. The molecule has 1 saturated heterocycles. The van der Waals surface area contributed by atoms with Crippen molar-refractivity contribution in [3.05, 3.63) is 40.5 Å². The fourth-order valence-corrected chi connectivity index (χ4v) is 5.25. The van der Waals surface area contributed by atoms with Gasteiger partial charge in [-0.2, -0.15) is 0 Å². The van der Waals surface area contributed by atoms with E-state index >= 15 is 0 Å². The van der Waals surface area contributed by atoms with Crippen LogP contribution < -0.4 is 16.0 Å². The number of hydrogen-bond acceptors (Lipinski definition) is 7. The van der Waals surface area contributed by atoms with Crippen LogP contribution in [0.1, 0.15) is 50.8 Å². The summed E-state index contributed by atoms with van der Waals surface area (Å²) in [6, 6.07) is 6.79. The maximum absolute atomic E-state index is 13.3. The Labute approximate surface area is 218 Å². The highest BCUT2D eigenvalue weighted by atomic mass is 35.5. The highest BCUT2D eigenvalue weighted by Gasteiger charge is 2.38. The largest absolute Gasteiger partial charge is 0.340 e. The number of aromatic nitrogens is 1. The zero-order valence-electron chi connectivity index (χ0n) is 20.3. The zero-order valence-corrected chi connectivity index (χ0v) is 21.9. The first kappa shape index (κ1) is 26.1. The lowest BCUT2D eigenvalue weighted by Crippen LogP contribution is -2.46. The Morgan fingerprint density at radius 1 is 1.14 bits per heavy atom. The van der Waals surface area contributed by atoms with Crippen LogP contribution in [-0.4, -0.2) is 51.7 Å². The molecule has 0 radical (unpaired) electrons. The summed E-state index contributed by atoms with van der Waals surface area (Å²) in [5.74, 6) is -2.14. The number of anilines is 2. The Kier molecular flexibility index (Phi) is 7.91. The van der Waals surface area contributed by atoms with E-state index < -0.39 is 23.8 Å². The molecule has 12 heteroatoms. The Bertz CT molecular complexity index is 1190. The van der Waals surface area contributed by atoms with Gasteiger partial charge in [0.15, 0.2) is 10.3 Å². The normalized spacial score (nSPS) is 18.3. The van der Waals surface area contributed by atoms with E-state index in [0.29, 0.717) is 13.1 Å². The van der Waals surface area contributed by atoms with Crippen LogP contribution in [0.5, 0.6) is 0 Å². The van der Waals surface area contributed by atoms with Gasteiger partial charge in [-0.05, 0) is 17.5 Å². The maximum Gasteiger partial charge on any atom is 0.264 e. The fraction of sp³-hybridized carbons (Fsp3) is 0.458. The van der Waals surface area contributed by atoms with E-state index in [1.165, 1.54) is 0 Å². The lowest BCUT2D eigenvalue weighted by atomic mass is 9.98. The predicted molar refractivity (Wildman–Crippen MR) is 137 cm³/mol. The van der Waals surface area contributed by atoms with Gasteiger partial charge in [0, 0.05) is 37.9 Å². The van der Waals surface area contributed by atoms with E-state index in [1.54, 1.807) is 25.8 Å². The summed E-state index contributed by atoms with van der Waals surface area (Å²) in [5.41, 5.74) is 1.76. The number of rotatable bonds is 7. The fourth-order valence-electron chi connectivity index (χ4n) is 4.17. The number of thiazole rings is 1. The molecule has 4 rings (SSSR count). The van der Waals surface area contributed by atoms with Crippen molar-refractivity contribution in [2.75, 3.05) is 23.7 Å². The van der Waals surface area contributed by atoms with Crippen LogP contribution in [-0.2, 0) is 25.7 Å².